The van der Waals surface area contributed by atoms with Gasteiger partial charge in [0.2, 0.25) is 5.95 Å². The van der Waals surface area contributed by atoms with E-state index >= 15 is 0 Å². The van der Waals surface area contributed by atoms with Crippen LogP contribution in [-0.2, 0) is 4.74 Å². The van der Waals surface area contributed by atoms with Gasteiger partial charge in [-0.1, -0.05) is 0 Å². The van der Waals surface area contributed by atoms with Gasteiger partial charge in [-0.2, -0.15) is 0 Å². The molecule has 2 N–H and O–H groups in total. The lowest BCUT2D eigenvalue weighted by atomic mass is 10.1. The highest BCUT2D eigenvalue weighted by molar-refractivity contribution is 5.83. The number of morpholine rings is 1. The van der Waals surface area contributed by atoms with Crippen molar-refractivity contribution in [1.82, 2.24) is 29.8 Å². The Morgan fingerprint density at radius 2 is 1.95 bits per heavy atom. The Hall–Kier alpha value is -3.70. The van der Waals surface area contributed by atoms with E-state index in [-0.39, 0.29) is 29.3 Å². The molecule has 2 saturated heterocycles. The summed E-state index contributed by atoms with van der Waals surface area (Å²) in [5.41, 5.74) is 2.15. The van der Waals surface area contributed by atoms with Crippen LogP contribution >= 0.6 is 0 Å². The van der Waals surface area contributed by atoms with E-state index < -0.39 is 11.6 Å². The van der Waals surface area contributed by atoms with Crippen molar-refractivity contribution in [2.45, 2.75) is 39.0 Å². The molecule has 0 unspecified atom stereocenters. The lowest BCUT2D eigenvalue weighted by molar-refractivity contribution is 0.0212. The molecule has 2 fully saturated rings. The summed E-state index contributed by atoms with van der Waals surface area (Å²) in [6, 6.07) is 7.16. The van der Waals surface area contributed by atoms with E-state index in [2.05, 4.69) is 35.5 Å². The number of fused-ring (bicyclic) bond motifs is 2. The van der Waals surface area contributed by atoms with E-state index in [0.29, 0.717) is 28.8 Å². The molecular formula is C26H28F2N8O. The molecule has 6 rings (SSSR count). The van der Waals surface area contributed by atoms with Gasteiger partial charge in [-0.25, -0.2) is 28.7 Å². The van der Waals surface area contributed by atoms with Crippen LogP contribution in [-0.4, -0.2) is 62.9 Å². The van der Waals surface area contributed by atoms with Crippen LogP contribution in [0, 0.1) is 18.6 Å². The molecular weight excluding hydrogens is 478 g/mol. The highest BCUT2D eigenvalue weighted by Crippen LogP contribution is 2.31. The molecule has 1 aromatic carbocycles. The Bertz CT molecular complexity index is 1440. The molecule has 0 bridgehead atoms. The van der Waals surface area contributed by atoms with Gasteiger partial charge in [0, 0.05) is 31.2 Å². The largest absolute Gasteiger partial charge is 0.373 e. The number of nitrogens with zero attached hydrogens (tertiary/aromatic N) is 6. The van der Waals surface area contributed by atoms with Crippen LogP contribution in [0.2, 0.25) is 0 Å². The summed E-state index contributed by atoms with van der Waals surface area (Å²) < 4.78 is 37.5. The van der Waals surface area contributed by atoms with Crippen molar-refractivity contribution in [3.63, 3.8) is 0 Å². The number of ether oxygens (including phenoxy) is 1. The van der Waals surface area contributed by atoms with Crippen molar-refractivity contribution in [3.8, 4) is 11.3 Å². The number of benzene rings is 1. The quantitative estimate of drug-likeness (QED) is 0.420. The first-order chi connectivity index (χ1) is 17.9. The Labute approximate surface area is 212 Å². The van der Waals surface area contributed by atoms with Gasteiger partial charge in [-0.15, -0.1) is 0 Å². The SMILES string of the molecule is Cc1nc2c(F)cc(-c3nc(Nc4ccc(N5C[C@@H]6OCCN[C@@H]6C5)cn4)ncc3F)cc2n1C(C)C. The molecule has 5 heterocycles. The summed E-state index contributed by atoms with van der Waals surface area (Å²) >= 11 is 0. The smallest absolute Gasteiger partial charge is 0.229 e. The number of anilines is 3. The lowest BCUT2D eigenvalue weighted by Crippen LogP contribution is -2.47. The minimum Gasteiger partial charge on any atom is -0.373 e. The maximum atomic E-state index is 14.9. The van der Waals surface area contributed by atoms with Crippen LogP contribution in [0.3, 0.4) is 0 Å². The Morgan fingerprint density at radius 3 is 2.70 bits per heavy atom. The third kappa shape index (κ3) is 4.38. The Morgan fingerprint density at radius 1 is 1.08 bits per heavy atom. The van der Waals surface area contributed by atoms with Gasteiger partial charge in [0.05, 0.1) is 42.4 Å². The van der Waals surface area contributed by atoms with Crippen molar-refractivity contribution in [2.75, 3.05) is 36.5 Å². The van der Waals surface area contributed by atoms with Crippen LogP contribution in [0.4, 0.5) is 26.2 Å². The van der Waals surface area contributed by atoms with Crippen molar-refractivity contribution in [2.24, 2.45) is 0 Å². The van der Waals surface area contributed by atoms with Crippen LogP contribution in [0.25, 0.3) is 22.3 Å². The third-order valence-electron chi connectivity index (χ3n) is 6.92. The number of halogens is 2. The molecule has 2 aliphatic heterocycles. The number of hydrogen-bond donors (Lipinski definition) is 2. The maximum absolute atomic E-state index is 14.9. The van der Waals surface area contributed by atoms with Crippen LogP contribution in [0.1, 0.15) is 25.7 Å². The van der Waals surface area contributed by atoms with E-state index in [1.165, 1.54) is 6.07 Å². The summed E-state index contributed by atoms with van der Waals surface area (Å²) in [6.45, 7) is 9.09. The fraction of sp³-hybridized carbons (Fsp3) is 0.385. The summed E-state index contributed by atoms with van der Waals surface area (Å²) in [5, 5.41) is 6.52. The molecule has 0 aliphatic carbocycles. The van der Waals surface area contributed by atoms with Gasteiger partial charge in [0.25, 0.3) is 0 Å². The minimum atomic E-state index is -0.647. The zero-order valence-electron chi connectivity index (χ0n) is 20.9. The van der Waals surface area contributed by atoms with Gasteiger partial charge in [0.15, 0.2) is 11.6 Å². The van der Waals surface area contributed by atoms with Crippen LogP contribution < -0.4 is 15.5 Å². The second kappa shape index (κ2) is 9.31. The molecule has 0 spiro atoms. The first-order valence-corrected chi connectivity index (χ1v) is 12.4. The molecule has 0 radical (unpaired) electrons. The number of pyridine rings is 1. The molecule has 2 atom stereocenters. The fourth-order valence-electron chi connectivity index (χ4n) is 5.25. The number of hydrogen-bond acceptors (Lipinski definition) is 8. The van der Waals surface area contributed by atoms with Gasteiger partial charge < -0.3 is 24.8 Å². The number of rotatable bonds is 5. The van der Waals surface area contributed by atoms with Gasteiger partial charge in [-0.05, 0) is 45.0 Å². The number of imidazole rings is 1. The van der Waals surface area contributed by atoms with E-state index in [1.807, 2.05) is 37.5 Å². The minimum absolute atomic E-state index is 0.00347. The van der Waals surface area contributed by atoms with E-state index in [1.54, 1.807) is 12.3 Å². The van der Waals surface area contributed by atoms with Crippen molar-refractivity contribution < 1.29 is 13.5 Å². The number of aryl methyl sites for hydroxylation is 1. The summed E-state index contributed by atoms with van der Waals surface area (Å²) in [6.07, 6.45) is 3.04. The van der Waals surface area contributed by atoms with Crippen molar-refractivity contribution >= 4 is 28.5 Å². The topological polar surface area (TPSA) is 93.0 Å². The molecule has 2 aliphatic rings. The Kier molecular flexibility index (Phi) is 5.96. The monoisotopic (exact) mass is 506 g/mol. The van der Waals surface area contributed by atoms with E-state index in [0.717, 1.165) is 38.1 Å². The average Bonchev–Trinajstić information content (AvgIpc) is 3.46. The van der Waals surface area contributed by atoms with Crippen LogP contribution in [0.5, 0.6) is 0 Å². The fourth-order valence-corrected chi connectivity index (χ4v) is 5.25. The van der Waals surface area contributed by atoms with Gasteiger partial charge in [-0.3, -0.25) is 0 Å². The lowest BCUT2D eigenvalue weighted by Gasteiger charge is -2.25. The van der Waals surface area contributed by atoms with Crippen LogP contribution in [0.15, 0.2) is 36.7 Å². The molecule has 0 amide bonds. The molecule has 4 aromatic rings. The summed E-state index contributed by atoms with van der Waals surface area (Å²) in [7, 11) is 0. The first-order valence-electron chi connectivity index (χ1n) is 12.4. The average molecular weight is 507 g/mol. The summed E-state index contributed by atoms with van der Waals surface area (Å²) in [4.78, 5) is 19.5. The van der Waals surface area contributed by atoms with Crippen molar-refractivity contribution in [3.05, 3.63) is 54.1 Å². The summed E-state index contributed by atoms with van der Waals surface area (Å²) in [5.74, 6) is 0.198. The Balaban J connectivity index is 1.25. The van der Waals surface area contributed by atoms with Gasteiger partial charge in [0.1, 0.15) is 22.9 Å². The molecule has 37 heavy (non-hydrogen) atoms. The maximum Gasteiger partial charge on any atom is 0.229 e. The molecule has 0 saturated carbocycles. The van der Waals surface area contributed by atoms with E-state index in [4.69, 9.17) is 4.74 Å². The molecule has 11 heteroatoms. The molecule has 3 aromatic heterocycles. The number of aromatic nitrogens is 5. The van der Waals surface area contributed by atoms with E-state index in [9.17, 15) is 8.78 Å². The second-order valence-electron chi connectivity index (χ2n) is 9.74. The second-order valence-corrected chi connectivity index (χ2v) is 9.74. The molecule has 192 valence electrons. The highest BCUT2D eigenvalue weighted by atomic mass is 19.1. The third-order valence-corrected chi connectivity index (χ3v) is 6.92. The predicted octanol–water partition coefficient (Wildman–Crippen LogP) is 3.98. The molecule has 9 nitrogen and oxygen atoms in total. The van der Waals surface area contributed by atoms with Crippen molar-refractivity contribution in [1.29, 1.82) is 0 Å². The zero-order valence-corrected chi connectivity index (χ0v) is 20.9. The normalized spacial score (nSPS) is 19.6. The number of nitrogens with one attached hydrogen (secondary N) is 2. The predicted molar refractivity (Wildman–Crippen MR) is 137 cm³/mol. The van der Waals surface area contributed by atoms with Gasteiger partial charge >= 0.3 is 0 Å². The standard InChI is InChI=1S/C26H28F2N8O/c1-14(2)36-15(3)32-25-18(27)8-16(9-21(25)36)24-19(28)11-31-26(34-24)33-23-5-4-17(10-30-23)35-12-20-22(13-35)37-7-6-29-20/h4-5,8-11,14,20,22,29H,6-7,12-13H2,1-3H3,(H,30,31,33,34)/t20-,22+/m1/s1. The highest BCUT2D eigenvalue weighted by Gasteiger charge is 2.35. The first kappa shape index (κ1) is 23.7. The zero-order chi connectivity index (χ0) is 25.7.